The van der Waals surface area contributed by atoms with Gasteiger partial charge < -0.3 is 14.6 Å². The normalized spacial score (nSPS) is 13.4. The summed E-state index contributed by atoms with van der Waals surface area (Å²) in [5, 5.41) is 9.67. The van der Waals surface area contributed by atoms with Gasteiger partial charge in [0.15, 0.2) is 6.10 Å². The highest BCUT2D eigenvalue weighted by molar-refractivity contribution is 5.70. The molecular formula is C71H114O5. The maximum atomic E-state index is 12.3. The largest absolute Gasteiger partial charge is 0.462 e. The van der Waals surface area contributed by atoms with E-state index < -0.39 is 6.10 Å². The molecule has 1 N–H and O–H groups in total. The van der Waals surface area contributed by atoms with E-state index in [1.807, 2.05) is 0 Å². The van der Waals surface area contributed by atoms with Crippen molar-refractivity contribution in [1.82, 2.24) is 0 Å². The molecule has 0 aliphatic heterocycles. The first-order chi connectivity index (χ1) is 37.6. The Kier molecular flexibility index (Phi) is 61.0. The Bertz CT molecular complexity index is 1660. The quantitative estimate of drug-likeness (QED) is 0.0373. The zero-order valence-electron chi connectivity index (χ0n) is 49.0. The lowest BCUT2D eigenvalue weighted by molar-refractivity contribution is -0.161. The number of aliphatic hydroxyl groups excluding tert-OH is 1. The number of aliphatic hydroxyl groups is 1. The fourth-order valence-electron chi connectivity index (χ4n) is 8.18. The number of allylic oxidation sites excluding steroid dienone is 26. The smallest absolute Gasteiger partial charge is 0.306 e. The predicted octanol–water partition coefficient (Wildman–Crippen LogP) is 21.5. The molecule has 0 amide bonds. The fraction of sp³-hybridized carbons (Fsp3) is 0.606. The van der Waals surface area contributed by atoms with Gasteiger partial charge in [-0.15, -0.1) is 0 Å². The average molecular weight is 1050 g/mol. The molecule has 5 nitrogen and oxygen atoms in total. The lowest BCUT2D eigenvalue weighted by Gasteiger charge is -2.15. The fourth-order valence-corrected chi connectivity index (χ4v) is 8.18. The first-order valence-electron chi connectivity index (χ1n) is 31.0. The van der Waals surface area contributed by atoms with Crippen molar-refractivity contribution in [3.05, 3.63) is 158 Å². The molecule has 0 fully saturated rings. The van der Waals surface area contributed by atoms with Crippen LogP contribution < -0.4 is 0 Å². The van der Waals surface area contributed by atoms with Crippen LogP contribution in [-0.2, 0) is 19.1 Å². The third kappa shape index (κ3) is 62.1. The molecule has 0 aromatic carbocycles. The summed E-state index contributed by atoms with van der Waals surface area (Å²) in [5.74, 6) is -0.622. The van der Waals surface area contributed by atoms with Crippen LogP contribution in [0.3, 0.4) is 0 Å². The molecule has 0 spiro atoms. The molecule has 1 unspecified atom stereocenters. The van der Waals surface area contributed by atoms with Gasteiger partial charge >= 0.3 is 11.9 Å². The van der Waals surface area contributed by atoms with Gasteiger partial charge in [0.1, 0.15) is 6.61 Å². The van der Waals surface area contributed by atoms with Crippen LogP contribution in [0.4, 0.5) is 0 Å². The minimum Gasteiger partial charge on any atom is -0.462 e. The van der Waals surface area contributed by atoms with E-state index in [2.05, 4.69) is 172 Å². The van der Waals surface area contributed by atoms with Gasteiger partial charge in [-0.3, -0.25) is 9.59 Å². The highest BCUT2D eigenvalue weighted by Gasteiger charge is 2.16. The number of ether oxygens (including phenoxy) is 2. The van der Waals surface area contributed by atoms with E-state index in [9.17, 15) is 14.7 Å². The lowest BCUT2D eigenvalue weighted by Crippen LogP contribution is -2.28. The third-order valence-corrected chi connectivity index (χ3v) is 12.8. The van der Waals surface area contributed by atoms with E-state index in [1.165, 1.54) is 96.3 Å². The van der Waals surface area contributed by atoms with Gasteiger partial charge in [-0.2, -0.15) is 0 Å². The van der Waals surface area contributed by atoms with E-state index in [0.717, 1.165) is 135 Å². The first-order valence-corrected chi connectivity index (χ1v) is 31.0. The summed E-state index contributed by atoms with van der Waals surface area (Å²) in [6, 6.07) is 0. The summed E-state index contributed by atoms with van der Waals surface area (Å²) >= 11 is 0. The Morgan fingerprint density at radius 3 is 0.855 bits per heavy atom. The number of carbonyl (C=O) groups excluding carboxylic acids is 2. The Labute approximate surface area is 469 Å². The second kappa shape index (κ2) is 64.8. The van der Waals surface area contributed by atoms with Gasteiger partial charge in [-0.05, 0) is 128 Å². The Morgan fingerprint density at radius 1 is 0.316 bits per heavy atom. The molecule has 76 heavy (non-hydrogen) atoms. The van der Waals surface area contributed by atoms with Crippen molar-refractivity contribution in [2.75, 3.05) is 13.2 Å². The average Bonchev–Trinajstić information content (AvgIpc) is 3.42. The van der Waals surface area contributed by atoms with Crippen molar-refractivity contribution in [1.29, 1.82) is 0 Å². The minimum absolute atomic E-state index is 0.0836. The van der Waals surface area contributed by atoms with Gasteiger partial charge in [0.05, 0.1) is 6.61 Å². The van der Waals surface area contributed by atoms with Gasteiger partial charge in [-0.1, -0.05) is 275 Å². The van der Waals surface area contributed by atoms with E-state index in [4.69, 9.17) is 9.47 Å². The monoisotopic (exact) mass is 1050 g/mol. The zero-order valence-corrected chi connectivity index (χ0v) is 49.0. The summed E-state index contributed by atoms with van der Waals surface area (Å²) in [5.41, 5.74) is 0. The van der Waals surface area contributed by atoms with Crippen molar-refractivity contribution < 1.29 is 24.2 Å². The van der Waals surface area contributed by atoms with Gasteiger partial charge in [0, 0.05) is 12.8 Å². The SMILES string of the molecule is CC/C=C\C/C=C\C/C=C\C/C=C\C/C=C\C/C=C\C/C=C\C/C=C\C/C=C\C/C=C\C/C=C\CCCCCCCC(=O)OC(CO)COC(=O)CCCCCCCCCCCCC/C=C\C/C=C\CCCCCCC. The third-order valence-electron chi connectivity index (χ3n) is 12.8. The van der Waals surface area contributed by atoms with Crippen LogP contribution in [0.25, 0.3) is 0 Å². The van der Waals surface area contributed by atoms with E-state index >= 15 is 0 Å². The molecule has 0 aromatic rings. The second-order valence-corrected chi connectivity index (χ2v) is 20.0. The second-order valence-electron chi connectivity index (χ2n) is 20.0. The van der Waals surface area contributed by atoms with Crippen LogP contribution >= 0.6 is 0 Å². The molecule has 0 radical (unpaired) electrons. The molecule has 0 saturated heterocycles. The Morgan fingerprint density at radius 2 is 0.566 bits per heavy atom. The maximum Gasteiger partial charge on any atom is 0.306 e. The van der Waals surface area contributed by atoms with Crippen LogP contribution in [0.1, 0.15) is 258 Å². The summed E-state index contributed by atoms with van der Waals surface area (Å²) in [6.45, 7) is 4.00. The van der Waals surface area contributed by atoms with Crippen molar-refractivity contribution in [2.45, 2.75) is 264 Å². The summed E-state index contributed by atoms with van der Waals surface area (Å²) in [4.78, 5) is 24.6. The lowest BCUT2D eigenvalue weighted by atomic mass is 10.0. The van der Waals surface area contributed by atoms with Crippen LogP contribution in [0.15, 0.2) is 158 Å². The van der Waals surface area contributed by atoms with E-state index in [0.29, 0.717) is 12.8 Å². The molecule has 0 aliphatic carbocycles. The molecule has 0 saturated carbocycles. The van der Waals surface area contributed by atoms with Crippen molar-refractivity contribution in [3.8, 4) is 0 Å². The molecule has 0 rings (SSSR count). The Balaban J connectivity index is 3.64. The molecule has 0 bridgehead atoms. The van der Waals surface area contributed by atoms with Crippen molar-refractivity contribution >= 4 is 11.9 Å². The number of hydrogen-bond donors (Lipinski definition) is 1. The Hall–Kier alpha value is -4.48. The number of rotatable bonds is 55. The summed E-state index contributed by atoms with van der Waals surface area (Å²) < 4.78 is 10.7. The standard InChI is InChI=1S/C71H114O5/c1-3-5-7-9-11-13-15-17-19-21-23-25-27-28-29-30-31-32-33-34-35-36-37-38-39-40-41-42-44-46-48-50-52-54-56-58-60-62-64-66-71(74)76-69(67-72)68-75-70(73)65-63-61-59-57-55-53-51-49-47-45-43-26-24-22-20-18-16-14-12-10-8-6-4-2/h5,7,11,13,16-19,22-25,28-29,31-32,34-35,37-38,40-41,44,46,50,52,69,72H,3-4,6,8-10,12,14-15,20-21,26-27,30,33,36,39,42-43,45,47-49,51,53-68H2,1-2H3/b7-5-,13-11-,18-16-,19-17-,24-22-,25-23-,29-28-,32-31-,35-34-,38-37-,41-40-,46-44-,52-50-. The molecular weight excluding hydrogens is 933 g/mol. The minimum atomic E-state index is -0.796. The molecule has 0 heterocycles. The predicted molar refractivity (Wildman–Crippen MR) is 334 cm³/mol. The van der Waals surface area contributed by atoms with Crippen LogP contribution in [0, 0.1) is 0 Å². The molecule has 0 aliphatic rings. The van der Waals surface area contributed by atoms with Gasteiger partial charge in [0.25, 0.3) is 0 Å². The van der Waals surface area contributed by atoms with Gasteiger partial charge in [-0.25, -0.2) is 0 Å². The zero-order chi connectivity index (χ0) is 54.8. The summed E-state index contributed by atoms with van der Waals surface area (Å²) in [7, 11) is 0. The topological polar surface area (TPSA) is 72.8 Å². The van der Waals surface area contributed by atoms with Crippen LogP contribution in [-0.4, -0.2) is 36.4 Å². The van der Waals surface area contributed by atoms with Crippen molar-refractivity contribution in [2.24, 2.45) is 0 Å². The van der Waals surface area contributed by atoms with E-state index in [1.54, 1.807) is 0 Å². The van der Waals surface area contributed by atoms with E-state index in [-0.39, 0.29) is 25.2 Å². The molecule has 0 aromatic heterocycles. The number of carbonyl (C=O) groups is 2. The number of unbranched alkanes of at least 4 members (excludes halogenated alkanes) is 21. The number of hydrogen-bond acceptors (Lipinski definition) is 5. The first kappa shape index (κ1) is 71.5. The molecule has 428 valence electrons. The maximum absolute atomic E-state index is 12.3. The summed E-state index contributed by atoms with van der Waals surface area (Å²) in [6.07, 6.45) is 99.4. The van der Waals surface area contributed by atoms with Crippen LogP contribution in [0.2, 0.25) is 0 Å². The molecule has 1 atom stereocenters. The highest BCUT2D eigenvalue weighted by Crippen LogP contribution is 2.14. The molecule has 5 heteroatoms. The highest BCUT2D eigenvalue weighted by atomic mass is 16.6. The van der Waals surface area contributed by atoms with Crippen molar-refractivity contribution in [3.63, 3.8) is 0 Å². The number of esters is 2. The van der Waals surface area contributed by atoms with Gasteiger partial charge in [0.2, 0.25) is 0 Å². The van der Waals surface area contributed by atoms with Crippen LogP contribution in [0.5, 0.6) is 0 Å².